The monoisotopic (exact) mass is 251 g/mol. The summed E-state index contributed by atoms with van der Waals surface area (Å²) < 4.78 is 0. The van der Waals surface area contributed by atoms with Crippen molar-refractivity contribution in [3.05, 3.63) is 0 Å². The topological polar surface area (TPSA) is 18.5 Å². The van der Waals surface area contributed by atoms with Crippen LogP contribution >= 0.6 is 0 Å². The molecule has 2 heterocycles. The van der Waals surface area contributed by atoms with Crippen LogP contribution in [0.15, 0.2) is 0 Å². The molecule has 0 bridgehead atoms. The van der Waals surface area contributed by atoms with E-state index in [0.29, 0.717) is 0 Å². The van der Waals surface area contributed by atoms with Gasteiger partial charge in [-0.2, -0.15) is 0 Å². The first-order chi connectivity index (χ1) is 8.90. The highest BCUT2D eigenvalue weighted by Crippen LogP contribution is 2.22. The Hall–Kier alpha value is -0.120. The zero-order valence-electron chi connectivity index (χ0n) is 11.7. The molecule has 3 fully saturated rings. The van der Waals surface area contributed by atoms with Crippen molar-refractivity contribution in [1.29, 1.82) is 0 Å². The quantitative estimate of drug-likeness (QED) is 0.775. The van der Waals surface area contributed by atoms with Crippen molar-refractivity contribution in [2.75, 3.05) is 39.3 Å². The zero-order chi connectivity index (χ0) is 12.2. The first-order valence-electron chi connectivity index (χ1n) is 8.11. The lowest BCUT2D eigenvalue weighted by atomic mass is 10.1. The van der Waals surface area contributed by atoms with E-state index in [2.05, 4.69) is 15.1 Å². The van der Waals surface area contributed by atoms with Crippen LogP contribution in [0.3, 0.4) is 0 Å². The predicted molar refractivity (Wildman–Crippen MR) is 75.9 cm³/mol. The fourth-order valence-corrected chi connectivity index (χ4v) is 3.50. The number of rotatable bonds is 6. The van der Waals surface area contributed by atoms with Gasteiger partial charge in [0.1, 0.15) is 0 Å². The molecule has 0 aromatic carbocycles. The van der Waals surface area contributed by atoms with E-state index in [1.54, 1.807) is 0 Å². The second kappa shape index (κ2) is 6.36. The van der Waals surface area contributed by atoms with Gasteiger partial charge in [-0.1, -0.05) is 0 Å². The summed E-state index contributed by atoms with van der Waals surface area (Å²) in [6.07, 6.45) is 9.87. The van der Waals surface area contributed by atoms with Crippen molar-refractivity contribution in [3.63, 3.8) is 0 Å². The molecule has 1 unspecified atom stereocenters. The molecule has 3 nitrogen and oxygen atoms in total. The van der Waals surface area contributed by atoms with Crippen molar-refractivity contribution in [2.45, 2.75) is 57.0 Å². The lowest BCUT2D eigenvalue weighted by Gasteiger charge is -2.33. The molecular formula is C15H29N3. The van der Waals surface area contributed by atoms with E-state index in [1.807, 2.05) is 0 Å². The molecule has 1 atom stereocenters. The summed E-state index contributed by atoms with van der Waals surface area (Å²) in [5, 5.41) is 3.80. The van der Waals surface area contributed by atoms with Crippen molar-refractivity contribution in [1.82, 2.24) is 15.1 Å². The summed E-state index contributed by atoms with van der Waals surface area (Å²) in [7, 11) is 0. The highest BCUT2D eigenvalue weighted by Gasteiger charge is 2.27. The Morgan fingerprint density at radius 2 is 1.50 bits per heavy atom. The molecule has 0 amide bonds. The second-order valence-electron chi connectivity index (χ2n) is 6.48. The zero-order valence-corrected chi connectivity index (χ0v) is 11.7. The van der Waals surface area contributed by atoms with Crippen molar-refractivity contribution >= 4 is 0 Å². The molecule has 1 N–H and O–H groups in total. The number of hydrogen-bond acceptors (Lipinski definition) is 3. The third kappa shape index (κ3) is 3.94. The van der Waals surface area contributed by atoms with E-state index < -0.39 is 0 Å². The molecule has 18 heavy (non-hydrogen) atoms. The van der Waals surface area contributed by atoms with Gasteiger partial charge in [0.2, 0.25) is 0 Å². The predicted octanol–water partition coefficient (Wildman–Crippen LogP) is 1.69. The summed E-state index contributed by atoms with van der Waals surface area (Å²) >= 11 is 0. The molecule has 3 rings (SSSR count). The van der Waals surface area contributed by atoms with E-state index in [-0.39, 0.29) is 0 Å². The minimum absolute atomic E-state index is 0.790. The number of piperidine rings is 1. The van der Waals surface area contributed by atoms with Gasteiger partial charge < -0.3 is 15.1 Å². The largest absolute Gasteiger partial charge is 0.310 e. The summed E-state index contributed by atoms with van der Waals surface area (Å²) in [6.45, 7) is 7.99. The Balaban J connectivity index is 1.31. The Morgan fingerprint density at radius 1 is 0.778 bits per heavy atom. The maximum atomic E-state index is 3.80. The highest BCUT2D eigenvalue weighted by molar-refractivity contribution is 4.88. The van der Waals surface area contributed by atoms with Crippen molar-refractivity contribution < 1.29 is 0 Å². The summed E-state index contributed by atoms with van der Waals surface area (Å²) in [4.78, 5) is 5.34. The molecule has 3 aliphatic rings. The Labute approximate surface area is 112 Å². The van der Waals surface area contributed by atoms with E-state index in [4.69, 9.17) is 0 Å². The fourth-order valence-electron chi connectivity index (χ4n) is 3.50. The molecule has 104 valence electrons. The summed E-state index contributed by atoms with van der Waals surface area (Å²) in [6, 6.07) is 1.66. The van der Waals surface area contributed by atoms with Gasteiger partial charge in [-0.15, -0.1) is 0 Å². The van der Waals surface area contributed by atoms with Crippen LogP contribution in [0.1, 0.15) is 44.9 Å². The first-order valence-corrected chi connectivity index (χ1v) is 8.11. The lowest BCUT2D eigenvalue weighted by Crippen LogP contribution is -2.46. The Morgan fingerprint density at radius 3 is 2.28 bits per heavy atom. The Bertz CT molecular complexity index is 246. The SMILES string of the molecule is C1CCN(CCCN2CCCC(NC3CC3)C2)C1. The minimum Gasteiger partial charge on any atom is -0.310 e. The lowest BCUT2D eigenvalue weighted by molar-refractivity contribution is 0.179. The van der Waals surface area contributed by atoms with Crippen LogP contribution in [0.5, 0.6) is 0 Å². The first kappa shape index (κ1) is 12.9. The van der Waals surface area contributed by atoms with Gasteiger partial charge in [0.25, 0.3) is 0 Å². The maximum Gasteiger partial charge on any atom is 0.0198 e. The van der Waals surface area contributed by atoms with Crippen molar-refractivity contribution in [3.8, 4) is 0 Å². The maximum absolute atomic E-state index is 3.80. The summed E-state index contributed by atoms with van der Waals surface area (Å²) in [5.41, 5.74) is 0. The van der Waals surface area contributed by atoms with Crippen molar-refractivity contribution in [2.24, 2.45) is 0 Å². The minimum atomic E-state index is 0.790. The molecule has 1 aliphatic carbocycles. The van der Waals surface area contributed by atoms with Gasteiger partial charge in [-0.05, 0) is 77.7 Å². The third-order valence-corrected chi connectivity index (χ3v) is 4.70. The molecule has 0 aromatic rings. The molecule has 0 spiro atoms. The van der Waals surface area contributed by atoms with Gasteiger partial charge >= 0.3 is 0 Å². The molecular weight excluding hydrogens is 222 g/mol. The number of hydrogen-bond donors (Lipinski definition) is 1. The summed E-state index contributed by atoms with van der Waals surface area (Å²) in [5.74, 6) is 0. The van der Waals surface area contributed by atoms with Crippen LogP contribution in [0.25, 0.3) is 0 Å². The van der Waals surface area contributed by atoms with Crippen LogP contribution in [-0.2, 0) is 0 Å². The van der Waals surface area contributed by atoms with E-state index >= 15 is 0 Å². The number of nitrogens with zero attached hydrogens (tertiary/aromatic N) is 2. The van der Waals surface area contributed by atoms with Crippen LogP contribution in [-0.4, -0.2) is 61.2 Å². The standard InChI is InChI=1S/C15H29N3/c1-2-9-17(8-1)11-4-12-18-10-3-5-15(13-18)16-14-6-7-14/h14-16H,1-13H2. The van der Waals surface area contributed by atoms with Crippen LogP contribution in [0.2, 0.25) is 0 Å². The van der Waals surface area contributed by atoms with Crippen LogP contribution in [0, 0.1) is 0 Å². The van der Waals surface area contributed by atoms with Gasteiger partial charge in [-0.3, -0.25) is 0 Å². The van der Waals surface area contributed by atoms with Crippen LogP contribution < -0.4 is 5.32 Å². The fraction of sp³-hybridized carbons (Fsp3) is 1.00. The van der Waals surface area contributed by atoms with Gasteiger partial charge in [0.05, 0.1) is 0 Å². The average molecular weight is 251 g/mol. The van der Waals surface area contributed by atoms with Gasteiger partial charge in [-0.25, -0.2) is 0 Å². The molecule has 0 radical (unpaired) electrons. The molecule has 2 aliphatic heterocycles. The molecule has 0 aromatic heterocycles. The molecule has 1 saturated carbocycles. The van der Waals surface area contributed by atoms with Gasteiger partial charge in [0, 0.05) is 18.6 Å². The van der Waals surface area contributed by atoms with E-state index in [9.17, 15) is 0 Å². The van der Waals surface area contributed by atoms with E-state index in [0.717, 1.165) is 12.1 Å². The van der Waals surface area contributed by atoms with Gasteiger partial charge in [0.15, 0.2) is 0 Å². The number of nitrogens with one attached hydrogen (secondary N) is 1. The van der Waals surface area contributed by atoms with Crippen LogP contribution in [0.4, 0.5) is 0 Å². The third-order valence-electron chi connectivity index (χ3n) is 4.70. The van der Waals surface area contributed by atoms with E-state index in [1.165, 1.54) is 84.2 Å². The second-order valence-corrected chi connectivity index (χ2v) is 6.48. The average Bonchev–Trinajstić information content (AvgIpc) is 3.04. The Kier molecular flexibility index (Phi) is 4.55. The number of likely N-dealkylation sites (tertiary alicyclic amines) is 2. The molecule has 3 heteroatoms. The highest BCUT2D eigenvalue weighted by atomic mass is 15.2. The normalized spacial score (nSPS) is 31.0. The molecule has 2 saturated heterocycles. The smallest absolute Gasteiger partial charge is 0.0198 e.